The first-order valence-corrected chi connectivity index (χ1v) is 10.8. The summed E-state index contributed by atoms with van der Waals surface area (Å²) >= 11 is 0. The third-order valence-corrected chi connectivity index (χ3v) is 5.36. The second-order valence-electron chi connectivity index (χ2n) is 7.68. The first kappa shape index (κ1) is 23.9. The van der Waals surface area contributed by atoms with E-state index in [9.17, 15) is 28.8 Å². The molecule has 3 rings (SSSR count). The molecule has 11 heteroatoms. The van der Waals surface area contributed by atoms with Crippen molar-refractivity contribution in [2.75, 3.05) is 19.7 Å². The van der Waals surface area contributed by atoms with Gasteiger partial charge in [0.1, 0.15) is 11.8 Å². The maximum Gasteiger partial charge on any atom is 0.266 e. The maximum atomic E-state index is 13.0. The molecule has 0 spiro atoms. The average Bonchev–Trinajstić information content (AvgIpc) is 3.05. The van der Waals surface area contributed by atoms with E-state index in [-0.39, 0.29) is 42.2 Å². The Morgan fingerprint density at radius 3 is 2.42 bits per heavy atom. The molecule has 1 saturated heterocycles. The molecule has 0 bridgehead atoms. The number of carbonyl (C=O) groups excluding carboxylic acids is 6. The molecule has 33 heavy (non-hydrogen) atoms. The third-order valence-electron chi connectivity index (χ3n) is 5.36. The minimum atomic E-state index is -1.08. The summed E-state index contributed by atoms with van der Waals surface area (Å²) in [6.07, 6.45) is 1.89. The van der Waals surface area contributed by atoms with Crippen LogP contribution in [0.5, 0.6) is 5.75 Å². The molecule has 1 fully saturated rings. The van der Waals surface area contributed by atoms with Crippen molar-refractivity contribution >= 4 is 35.4 Å². The van der Waals surface area contributed by atoms with Crippen LogP contribution in [0.1, 0.15) is 59.7 Å². The van der Waals surface area contributed by atoms with Crippen LogP contribution in [0.25, 0.3) is 0 Å². The molecule has 6 amide bonds. The van der Waals surface area contributed by atoms with E-state index in [1.165, 1.54) is 18.2 Å². The van der Waals surface area contributed by atoms with Crippen molar-refractivity contribution in [1.82, 2.24) is 20.9 Å². The van der Waals surface area contributed by atoms with Crippen molar-refractivity contribution in [1.29, 1.82) is 0 Å². The summed E-state index contributed by atoms with van der Waals surface area (Å²) in [6, 6.07) is 3.37. The van der Waals surface area contributed by atoms with Gasteiger partial charge in [-0.2, -0.15) is 0 Å². The highest BCUT2D eigenvalue weighted by Crippen LogP contribution is 2.33. The van der Waals surface area contributed by atoms with Gasteiger partial charge >= 0.3 is 0 Å². The Morgan fingerprint density at radius 1 is 1.06 bits per heavy atom. The molecule has 1 aromatic rings. The topological polar surface area (TPSA) is 151 Å². The quantitative estimate of drug-likeness (QED) is 0.327. The highest BCUT2D eigenvalue weighted by atomic mass is 16.5. The monoisotopic (exact) mass is 458 g/mol. The number of nitrogens with zero attached hydrogens (tertiary/aromatic N) is 1. The van der Waals surface area contributed by atoms with Gasteiger partial charge in [-0.15, -0.1) is 0 Å². The van der Waals surface area contributed by atoms with E-state index < -0.39 is 35.6 Å². The Hall–Kier alpha value is -3.76. The van der Waals surface area contributed by atoms with Crippen LogP contribution in [-0.2, 0) is 19.2 Å². The Morgan fingerprint density at radius 2 is 1.76 bits per heavy atom. The largest absolute Gasteiger partial charge is 0.483 e. The van der Waals surface area contributed by atoms with Gasteiger partial charge in [0, 0.05) is 25.9 Å². The molecule has 2 aliphatic rings. The standard InChI is InChI=1S/C22H26N4O7/c1-2-16(27)23-10-3-4-11-24-18(29)12-33-15-7-5-6-13-19(15)22(32)26(21(13)31)14-8-9-17(28)25-20(14)30/h5-7,14H,2-4,8-12H2,1H3,(H,23,27)(H,24,29)(H,25,28,30). The maximum absolute atomic E-state index is 13.0. The van der Waals surface area contributed by atoms with E-state index in [0.717, 1.165) is 4.90 Å². The fraction of sp³-hybridized carbons (Fsp3) is 0.455. The Labute approximate surface area is 190 Å². The zero-order chi connectivity index (χ0) is 24.0. The first-order chi connectivity index (χ1) is 15.8. The molecule has 1 atom stereocenters. The normalized spacial score (nSPS) is 17.5. The van der Waals surface area contributed by atoms with Crippen LogP contribution < -0.4 is 20.7 Å². The summed E-state index contributed by atoms with van der Waals surface area (Å²) in [4.78, 5) is 73.4. The molecule has 0 radical (unpaired) electrons. The number of amides is 6. The van der Waals surface area contributed by atoms with E-state index in [1.807, 2.05) is 0 Å². The summed E-state index contributed by atoms with van der Waals surface area (Å²) in [6.45, 7) is 2.35. The Bertz CT molecular complexity index is 991. The van der Waals surface area contributed by atoms with Crippen molar-refractivity contribution in [2.24, 2.45) is 0 Å². The lowest BCUT2D eigenvalue weighted by molar-refractivity contribution is -0.136. The van der Waals surface area contributed by atoms with Gasteiger partial charge in [0.15, 0.2) is 6.61 Å². The number of imide groups is 2. The fourth-order valence-corrected chi connectivity index (χ4v) is 3.63. The summed E-state index contributed by atoms with van der Waals surface area (Å²) in [5, 5.41) is 7.58. The number of hydrogen-bond donors (Lipinski definition) is 3. The molecule has 1 unspecified atom stereocenters. The summed E-state index contributed by atoms with van der Waals surface area (Å²) < 4.78 is 5.51. The molecule has 176 valence electrons. The van der Waals surface area contributed by atoms with Crippen LogP contribution in [0.15, 0.2) is 18.2 Å². The Kier molecular flexibility index (Phi) is 7.75. The molecule has 0 aromatic heterocycles. The fourth-order valence-electron chi connectivity index (χ4n) is 3.63. The van der Waals surface area contributed by atoms with E-state index >= 15 is 0 Å². The van der Waals surface area contributed by atoms with Crippen LogP contribution in [0.4, 0.5) is 0 Å². The second-order valence-corrected chi connectivity index (χ2v) is 7.68. The molecular formula is C22H26N4O7. The van der Waals surface area contributed by atoms with Crippen LogP contribution in [0, 0.1) is 0 Å². The van der Waals surface area contributed by atoms with Gasteiger partial charge in [0.2, 0.25) is 17.7 Å². The van der Waals surface area contributed by atoms with Gasteiger partial charge in [-0.25, -0.2) is 0 Å². The van der Waals surface area contributed by atoms with Crippen molar-refractivity contribution < 1.29 is 33.5 Å². The van der Waals surface area contributed by atoms with E-state index in [4.69, 9.17) is 4.74 Å². The minimum absolute atomic E-state index is 0.00772. The van der Waals surface area contributed by atoms with Crippen molar-refractivity contribution in [3.63, 3.8) is 0 Å². The van der Waals surface area contributed by atoms with Crippen molar-refractivity contribution in [3.8, 4) is 5.75 Å². The number of piperidine rings is 1. The number of rotatable bonds is 10. The molecule has 2 aliphatic heterocycles. The third kappa shape index (κ3) is 5.54. The van der Waals surface area contributed by atoms with Crippen LogP contribution in [-0.4, -0.2) is 66.1 Å². The number of ether oxygens (including phenoxy) is 1. The number of unbranched alkanes of at least 4 members (excludes halogenated alkanes) is 1. The predicted molar refractivity (Wildman–Crippen MR) is 114 cm³/mol. The van der Waals surface area contributed by atoms with E-state index in [1.54, 1.807) is 6.92 Å². The minimum Gasteiger partial charge on any atom is -0.483 e. The van der Waals surface area contributed by atoms with Crippen LogP contribution in [0.2, 0.25) is 0 Å². The van der Waals surface area contributed by atoms with Crippen molar-refractivity contribution in [2.45, 2.75) is 45.1 Å². The lowest BCUT2D eigenvalue weighted by Gasteiger charge is -2.27. The highest BCUT2D eigenvalue weighted by Gasteiger charge is 2.46. The van der Waals surface area contributed by atoms with Gasteiger partial charge in [-0.05, 0) is 31.4 Å². The second kappa shape index (κ2) is 10.7. The number of fused-ring (bicyclic) bond motifs is 1. The molecule has 1 aromatic carbocycles. The zero-order valence-corrected chi connectivity index (χ0v) is 18.3. The van der Waals surface area contributed by atoms with Gasteiger partial charge in [0.05, 0.1) is 11.1 Å². The lowest BCUT2D eigenvalue weighted by Crippen LogP contribution is -2.54. The molecule has 11 nitrogen and oxygen atoms in total. The van der Waals surface area contributed by atoms with E-state index in [2.05, 4.69) is 16.0 Å². The number of carbonyl (C=O) groups is 6. The summed E-state index contributed by atoms with van der Waals surface area (Å²) in [7, 11) is 0. The molecule has 3 N–H and O–H groups in total. The SMILES string of the molecule is CCC(=O)NCCCCNC(=O)COc1cccc2c1C(=O)N(C1CCC(=O)NC1=O)C2=O. The van der Waals surface area contributed by atoms with Gasteiger partial charge in [0.25, 0.3) is 17.7 Å². The van der Waals surface area contributed by atoms with Crippen LogP contribution in [0.3, 0.4) is 0 Å². The number of nitrogens with one attached hydrogen (secondary N) is 3. The van der Waals surface area contributed by atoms with Gasteiger partial charge in [-0.3, -0.25) is 39.0 Å². The van der Waals surface area contributed by atoms with Crippen LogP contribution >= 0.6 is 0 Å². The molecule has 0 saturated carbocycles. The van der Waals surface area contributed by atoms with Crippen molar-refractivity contribution in [3.05, 3.63) is 29.3 Å². The zero-order valence-electron chi connectivity index (χ0n) is 18.3. The molecule has 0 aliphatic carbocycles. The number of benzene rings is 1. The summed E-state index contributed by atoms with van der Waals surface area (Å²) in [5.41, 5.74) is 0.0726. The molecular weight excluding hydrogens is 432 g/mol. The summed E-state index contributed by atoms with van der Waals surface area (Å²) in [5.74, 6) is -2.84. The average molecular weight is 458 g/mol. The smallest absolute Gasteiger partial charge is 0.266 e. The van der Waals surface area contributed by atoms with Gasteiger partial charge in [-0.1, -0.05) is 13.0 Å². The highest BCUT2D eigenvalue weighted by molar-refractivity contribution is 6.24. The Balaban J connectivity index is 1.54. The lowest BCUT2D eigenvalue weighted by atomic mass is 10.0. The first-order valence-electron chi connectivity index (χ1n) is 10.8. The predicted octanol–water partition coefficient (Wildman–Crippen LogP) is -0.111. The van der Waals surface area contributed by atoms with Gasteiger partial charge < -0.3 is 15.4 Å². The molecule has 2 heterocycles. The number of hydrogen-bond acceptors (Lipinski definition) is 7. The van der Waals surface area contributed by atoms with E-state index in [0.29, 0.717) is 32.4 Å².